The van der Waals surface area contributed by atoms with Crippen LogP contribution in [0.15, 0.2) is 35.0 Å². The highest BCUT2D eigenvalue weighted by Crippen LogP contribution is 2.38. The van der Waals surface area contributed by atoms with E-state index in [9.17, 15) is 4.79 Å². The van der Waals surface area contributed by atoms with Crippen molar-refractivity contribution in [2.75, 3.05) is 5.73 Å². The number of carbonyl (C=O) groups is 1. The first kappa shape index (κ1) is 14.4. The van der Waals surface area contributed by atoms with E-state index in [1.807, 2.05) is 13.0 Å². The number of amides is 1. The number of aromatic nitrogens is 4. The Morgan fingerprint density at radius 3 is 2.79 bits per heavy atom. The molecule has 4 aromatic rings. The van der Waals surface area contributed by atoms with E-state index < -0.39 is 5.91 Å². The Bertz CT molecular complexity index is 1060. The summed E-state index contributed by atoms with van der Waals surface area (Å²) in [6.07, 6.45) is 3.35. The zero-order valence-electron chi connectivity index (χ0n) is 12.6. The lowest BCUT2D eigenvalue weighted by atomic mass is 10.2. The molecular formula is C15H12N6O2S. The number of fused-ring (bicyclic) bond motifs is 1. The van der Waals surface area contributed by atoms with Crippen molar-refractivity contribution in [3.05, 3.63) is 41.2 Å². The second-order valence-corrected chi connectivity index (χ2v) is 6.12. The van der Waals surface area contributed by atoms with E-state index in [0.717, 1.165) is 17.1 Å². The molecule has 8 nitrogen and oxygen atoms in total. The minimum absolute atomic E-state index is 0.251. The number of carbonyl (C=O) groups excluding carboxylic acids is 1. The fraction of sp³-hybridized carbons (Fsp3) is 0.0667. The molecule has 1 amide bonds. The van der Waals surface area contributed by atoms with E-state index in [-0.39, 0.29) is 10.6 Å². The minimum Gasteiger partial charge on any atom is -0.460 e. The molecule has 0 radical (unpaired) electrons. The van der Waals surface area contributed by atoms with Gasteiger partial charge in [0.15, 0.2) is 5.76 Å². The Hall–Kier alpha value is -3.20. The number of nitrogens with zero attached hydrogens (tertiary/aromatic N) is 4. The highest BCUT2D eigenvalue weighted by molar-refractivity contribution is 7.21. The van der Waals surface area contributed by atoms with E-state index in [1.54, 1.807) is 24.5 Å². The predicted octanol–water partition coefficient (Wildman–Crippen LogP) is 2.13. The van der Waals surface area contributed by atoms with Gasteiger partial charge in [-0.3, -0.25) is 4.79 Å². The van der Waals surface area contributed by atoms with E-state index >= 15 is 0 Å². The summed E-state index contributed by atoms with van der Waals surface area (Å²) < 4.78 is 7.21. The molecule has 0 bridgehead atoms. The third kappa shape index (κ3) is 2.14. The maximum atomic E-state index is 11.6. The van der Waals surface area contributed by atoms with Gasteiger partial charge in [0.25, 0.3) is 11.9 Å². The molecule has 0 saturated carbocycles. The highest BCUT2D eigenvalue weighted by Gasteiger charge is 2.22. The van der Waals surface area contributed by atoms with Gasteiger partial charge in [-0.2, -0.15) is 10.1 Å². The number of aryl methyl sites for hydroxylation is 1. The molecule has 4 heterocycles. The van der Waals surface area contributed by atoms with Gasteiger partial charge in [-0.25, -0.2) is 9.67 Å². The van der Waals surface area contributed by atoms with Crippen LogP contribution in [0.3, 0.4) is 0 Å². The number of nitrogens with two attached hydrogens (primary N) is 2. The zero-order chi connectivity index (χ0) is 16.8. The number of primary amides is 1. The second-order valence-electron chi connectivity index (χ2n) is 5.12. The van der Waals surface area contributed by atoms with Crippen molar-refractivity contribution in [1.82, 2.24) is 19.7 Å². The van der Waals surface area contributed by atoms with Gasteiger partial charge in [0, 0.05) is 12.4 Å². The lowest BCUT2D eigenvalue weighted by molar-refractivity contribution is 0.100. The normalized spacial score (nSPS) is 11.2. The van der Waals surface area contributed by atoms with Crippen LogP contribution < -0.4 is 11.5 Å². The molecule has 4 N–H and O–H groups in total. The van der Waals surface area contributed by atoms with Crippen molar-refractivity contribution in [1.29, 1.82) is 0 Å². The minimum atomic E-state index is -0.599. The number of nitrogen functional groups attached to an aromatic ring is 1. The quantitative estimate of drug-likeness (QED) is 0.588. The molecule has 0 unspecified atom stereocenters. The van der Waals surface area contributed by atoms with Crippen LogP contribution in [-0.4, -0.2) is 25.7 Å². The predicted molar refractivity (Wildman–Crippen MR) is 89.9 cm³/mol. The Balaban J connectivity index is 2.08. The third-order valence-electron chi connectivity index (χ3n) is 3.48. The molecule has 9 heteroatoms. The molecule has 4 aromatic heterocycles. The largest absolute Gasteiger partial charge is 0.460 e. The number of thiophene rings is 1. The molecule has 0 fully saturated rings. The van der Waals surface area contributed by atoms with E-state index in [4.69, 9.17) is 15.9 Å². The van der Waals surface area contributed by atoms with Crippen molar-refractivity contribution < 1.29 is 9.21 Å². The summed E-state index contributed by atoms with van der Waals surface area (Å²) in [6, 6.07) is 5.39. The van der Waals surface area contributed by atoms with E-state index in [2.05, 4.69) is 15.1 Å². The molecule has 0 aliphatic heterocycles. The van der Waals surface area contributed by atoms with Crippen molar-refractivity contribution in [2.24, 2.45) is 5.73 Å². The Labute approximate surface area is 139 Å². The molecule has 0 saturated heterocycles. The summed E-state index contributed by atoms with van der Waals surface area (Å²) in [5, 5.41) is 4.70. The molecule has 120 valence electrons. The van der Waals surface area contributed by atoms with Gasteiger partial charge >= 0.3 is 0 Å². The van der Waals surface area contributed by atoms with Crippen LogP contribution in [0.4, 0.5) is 5.69 Å². The maximum Gasteiger partial charge on any atom is 0.260 e. The summed E-state index contributed by atoms with van der Waals surface area (Å²) in [5.41, 5.74) is 12.3. The first-order valence-corrected chi connectivity index (χ1v) is 7.83. The van der Waals surface area contributed by atoms with Gasteiger partial charge in [-0.05, 0) is 25.1 Å². The summed E-state index contributed by atoms with van der Waals surface area (Å²) in [7, 11) is 0. The second kappa shape index (κ2) is 5.17. The number of anilines is 1. The van der Waals surface area contributed by atoms with Gasteiger partial charge in [-0.1, -0.05) is 0 Å². The Morgan fingerprint density at radius 1 is 1.33 bits per heavy atom. The molecule has 24 heavy (non-hydrogen) atoms. The van der Waals surface area contributed by atoms with Crippen molar-refractivity contribution in [2.45, 2.75) is 6.92 Å². The van der Waals surface area contributed by atoms with Gasteiger partial charge < -0.3 is 15.9 Å². The summed E-state index contributed by atoms with van der Waals surface area (Å²) in [5.74, 6) is 1.03. The average molecular weight is 340 g/mol. The van der Waals surface area contributed by atoms with E-state index in [1.165, 1.54) is 4.68 Å². The average Bonchev–Trinajstić information content (AvgIpc) is 3.26. The van der Waals surface area contributed by atoms with Crippen LogP contribution in [0.25, 0.3) is 27.6 Å². The van der Waals surface area contributed by atoms with Gasteiger partial charge in [-0.15, -0.1) is 11.3 Å². The van der Waals surface area contributed by atoms with Crippen LogP contribution in [0.1, 0.15) is 15.4 Å². The maximum absolute atomic E-state index is 11.6. The third-order valence-corrected chi connectivity index (χ3v) is 4.60. The number of hydrogen-bond acceptors (Lipinski definition) is 7. The van der Waals surface area contributed by atoms with Crippen LogP contribution in [0.5, 0.6) is 0 Å². The van der Waals surface area contributed by atoms with Crippen LogP contribution in [-0.2, 0) is 0 Å². The van der Waals surface area contributed by atoms with Gasteiger partial charge in [0.2, 0.25) is 0 Å². The summed E-state index contributed by atoms with van der Waals surface area (Å²) in [4.78, 5) is 21.4. The van der Waals surface area contributed by atoms with E-state index in [0.29, 0.717) is 27.6 Å². The number of hydrogen-bond donors (Lipinski definition) is 2. The van der Waals surface area contributed by atoms with Gasteiger partial charge in [0.1, 0.15) is 21.2 Å². The Kier molecular flexibility index (Phi) is 3.10. The number of furan rings is 1. The van der Waals surface area contributed by atoms with Crippen molar-refractivity contribution in [3.63, 3.8) is 0 Å². The van der Waals surface area contributed by atoms with Gasteiger partial charge in [0.05, 0.1) is 11.1 Å². The number of rotatable bonds is 3. The Morgan fingerprint density at radius 2 is 2.17 bits per heavy atom. The first-order chi connectivity index (χ1) is 11.5. The smallest absolute Gasteiger partial charge is 0.260 e. The van der Waals surface area contributed by atoms with Crippen LogP contribution in [0, 0.1) is 6.92 Å². The lowest BCUT2D eigenvalue weighted by Gasteiger charge is -2.05. The summed E-state index contributed by atoms with van der Waals surface area (Å²) >= 11 is 1.13. The monoisotopic (exact) mass is 340 g/mol. The topological polar surface area (TPSA) is 126 Å². The highest BCUT2D eigenvalue weighted by atomic mass is 32.1. The molecule has 0 aliphatic carbocycles. The van der Waals surface area contributed by atoms with Crippen molar-refractivity contribution in [3.8, 4) is 17.4 Å². The molecule has 4 rings (SSSR count). The fourth-order valence-electron chi connectivity index (χ4n) is 2.42. The molecular weight excluding hydrogens is 328 g/mol. The van der Waals surface area contributed by atoms with Crippen molar-refractivity contribution >= 4 is 33.1 Å². The molecule has 0 atom stereocenters. The van der Waals surface area contributed by atoms with Crippen LogP contribution in [0.2, 0.25) is 0 Å². The zero-order valence-corrected chi connectivity index (χ0v) is 13.4. The molecule has 0 aromatic carbocycles. The molecule has 0 aliphatic rings. The molecule has 0 spiro atoms. The SMILES string of the molecule is Cc1ccc(-c2nc(-n3cccn3)nc3sc(C(N)=O)c(N)c23)o1. The first-order valence-electron chi connectivity index (χ1n) is 7.01. The summed E-state index contributed by atoms with van der Waals surface area (Å²) in [6.45, 7) is 1.84. The standard InChI is InChI=1S/C15H12N6O2S/c1-7-3-4-8(23-7)11-9-10(16)12(13(17)22)24-14(9)20-15(19-11)21-6-2-5-18-21/h2-6H,16H2,1H3,(H2,17,22). The fourth-order valence-corrected chi connectivity index (χ4v) is 3.37. The lowest BCUT2D eigenvalue weighted by Crippen LogP contribution is -2.10. The van der Waals surface area contributed by atoms with Crippen LogP contribution >= 0.6 is 11.3 Å².